The molecule has 0 amide bonds. The quantitative estimate of drug-likeness (QED) is 0.862. The van der Waals surface area contributed by atoms with Gasteiger partial charge in [-0.2, -0.15) is 0 Å². The van der Waals surface area contributed by atoms with Gasteiger partial charge in [-0.25, -0.2) is 0 Å². The summed E-state index contributed by atoms with van der Waals surface area (Å²) in [6.07, 6.45) is 4.74. The third-order valence-electron chi connectivity index (χ3n) is 2.80. The molecule has 2 rings (SSSR count). The first kappa shape index (κ1) is 13.9. The van der Waals surface area contributed by atoms with E-state index in [2.05, 4.69) is 40.1 Å². The summed E-state index contributed by atoms with van der Waals surface area (Å²) < 4.78 is 6.74. The van der Waals surface area contributed by atoms with Gasteiger partial charge in [0.2, 0.25) is 0 Å². The van der Waals surface area contributed by atoms with Crippen molar-refractivity contribution in [3.63, 3.8) is 0 Å². The third kappa shape index (κ3) is 3.96. The predicted molar refractivity (Wildman–Crippen MR) is 82.0 cm³/mol. The van der Waals surface area contributed by atoms with E-state index in [1.807, 2.05) is 30.3 Å². The molecule has 0 aliphatic heterocycles. The minimum atomic E-state index is 0.225. The van der Waals surface area contributed by atoms with Gasteiger partial charge in [0.15, 0.2) is 0 Å². The summed E-state index contributed by atoms with van der Waals surface area (Å²) >= 11 is 3.47. The highest BCUT2D eigenvalue weighted by molar-refractivity contribution is 9.10. The maximum absolute atomic E-state index is 5.81. The normalized spacial score (nSPS) is 11.9. The molecule has 1 aromatic carbocycles. The van der Waals surface area contributed by atoms with Crippen LogP contribution in [0.2, 0.25) is 0 Å². The van der Waals surface area contributed by atoms with Crippen LogP contribution < -0.4 is 10.1 Å². The average Bonchev–Trinajstić information content (AvgIpc) is 2.42. The van der Waals surface area contributed by atoms with Gasteiger partial charge < -0.3 is 10.1 Å². The summed E-state index contributed by atoms with van der Waals surface area (Å²) in [6, 6.07) is 9.88. The molecule has 4 heteroatoms. The Bertz CT molecular complexity index is 545. The van der Waals surface area contributed by atoms with E-state index in [1.165, 1.54) is 0 Å². The van der Waals surface area contributed by atoms with Crippen LogP contribution in [0.4, 0.5) is 11.4 Å². The van der Waals surface area contributed by atoms with Crippen molar-refractivity contribution in [3.05, 3.63) is 47.2 Å². The molecule has 0 aliphatic carbocycles. The molecule has 1 atom stereocenters. The molecule has 1 heterocycles. The maximum Gasteiger partial charge on any atom is 0.121 e. The van der Waals surface area contributed by atoms with E-state index >= 15 is 0 Å². The third-order valence-corrected chi connectivity index (χ3v) is 3.43. The Morgan fingerprint density at radius 2 is 2.21 bits per heavy atom. The summed E-state index contributed by atoms with van der Waals surface area (Å²) in [5.74, 6) is 0.879. The van der Waals surface area contributed by atoms with Crippen molar-refractivity contribution in [2.45, 2.75) is 26.4 Å². The van der Waals surface area contributed by atoms with Crippen molar-refractivity contribution in [2.75, 3.05) is 5.32 Å². The lowest BCUT2D eigenvalue weighted by molar-refractivity contribution is 0.217. The number of nitrogens with zero attached hydrogens (tertiary/aromatic N) is 1. The molecular formula is C15H17BrN2O. The molecule has 0 saturated carbocycles. The minimum absolute atomic E-state index is 0.225. The summed E-state index contributed by atoms with van der Waals surface area (Å²) in [5.41, 5.74) is 1.98. The van der Waals surface area contributed by atoms with E-state index in [-0.39, 0.29) is 6.10 Å². The van der Waals surface area contributed by atoms with Gasteiger partial charge in [-0.1, -0.05) is 13.0 Å². The second-order valence-corrected chi connectivity index (χ2v) is 5.20. The average molecular weight is 321 g/mol. The first-order chi connectivity index (χ1) is 9.19. The van der Waals surface area contributed by atoms with Crippen LogP contribution in [0.3, 0.4) is 0 Å². The lowest BCUT2D eigenvalue weighted by Gasteiger charge is -2.14. The minimum Gasteiger partial charge on any atom is -0.491 e. The smallest absolute Gasteiger partial charge is 0.121 e. The molecule has 3 nitrogen and oxygen atoms in total. The number of pyridine rings is 1. The van der Waals surface area contributed by atoms with E-state index < -0.39 is 0 Å². The molecule has 1 N–H and O–H groups in total. The molecule has 100 valence electrons. The van der Waals surface area contributed by atoms with Crippen LogP contribution >= 0.6 is 15.9 Å². The van der Waals surface area contributed by atoms with Crippen LogP contribution in [0, 0.1) is 0 Å². The highest BCUT2D eigenvalue weighted by atomic mass is 79.9. The number of benzene rings is 1. The number of rotatable bonds is 5. The molecule has 19 heavy (non-hydrogen) atoms. The number of anilines is 2. The lowest BCUT2D eigenvalue weighted by Crippen LogP contribution is -2.09. The van der Waals surface area contributed by atoms with Crippen LogP contribution in [0.1, 0.15) is 20.3 Å². The predicted octanol–water partition coefficient (Wildman–Crippen LogP) is 4.77. The molecule has 0 spiro atoms. The Hall–Kier alpha value is -1.55. The summed E-state index contributed by atoms with van der Waals surface area (Å²) in [4.78, 5) is 4.04. The van der Waals surface area contributed by atoms with E-state index in [0.717, 1.165) is 28.0 Å². The second-order valence-electron chi connectivity index (χ2n) is 4.35. The van der Waals surface area contributed by atoms with Gasteiger partial charge in [0, 0.05) is 24.1 Å². The summed E-state index contributed by atoms with van der Waals surface area (Å²) in [5, 5.41) is 3.34. The Morgan fingerprint density at radius 3 is 2.95 bits per heavy atom. The van der Waals surface area contributed by atoms with E-state index in [4.69, 9.17) is 4.74 Å². The van der Waals surface area contributed by atoms with Crippen LogP contribution in [-0.4, -0.2) is 11.1 Å². The highest BCUT2D eigenvalue weighted by Gasteiger charge is 2.03. The maximum atomic E-state index is 5.81. The fraction of sp³-hybridized carbons (Fsp3) is 0.267. The topological polar surface area (TPSA) is 34.1 Å². The molecule has 0 fully saturated rings. The summed E-state index contributed by atoms with van der Waals surface area (Å²) in [6.45, 7) is 4.18. The highest BCUT2D eigenvalue weighted by Crippen LogP contribution is 2.26. The van der Waals surface area contributed by atoms with Gasteiger partial charge in [-0.3, -0.25) is 4.98 Å². The van der Waals surface area contributed by atoms with Crippen molar-refractivity contribution < 1.29 is 4.74 Å². The van der Waals surface area contributed by atoms with Crippen molar-refractivity contribution in [1.29, 1.82) is 0 Å². The number of hydrogen-bond donors (Lipinski definition) is 1. The van der Waals surface area contributed by atoms with Crippen LogP contribution in [0.5, 0.6) is 5.75 Å². The van der Waals surface area contributed by atoms with E-state index in [0.29, 0.717) is 0 Å². The first-order valence-electron chi connectivity index (χ1n) is 6.32. The molecule has 2 aromatic rings. The molecule has 0 bridgehead atoms. The van der Waals surface area contributed by atoms with Crippen LogP contribution in [0.15, 0.2) is 47.2 Å². The van der Waals surface area contributed by atoms with Gasteiger partial charge in [0.05, 0.1) is 16.3 Å². The van der Waals surface area contributed by atoms with Crippen molar-refractivity contribution in [2.24, 2.45) is 0 Å². The first-order valence-corrected chi connectivity index (χ1v) is 7.11. The zero-order valence-corrected chi connectivity index (χ0v) is 12.6. The standard InChI is InChI=1S/C15H17BrN2O/c1-3-11(2)19-13-6-4-5-12(9-13)18-15-7-8-17-10-14(15)16/h4-11H,3H2,1-2H3,(H,17,18). The number of aromatic nitrogens is 1. The molecule has 0 aliphatic rings. The number of halogens is 1. The lowest BCUT2D eigenvalue weighted by atomic mass is 10.2. The van der Waals surface area contributed by atoms with E-state index in [9.17, 15) is 0 Å². The molecular weight excluding hydrogens is 304 g/mol. The van der Waals surface area contributed by atoms with Crippen molar-refractivity contribution in [3.8, 4) is 5.75 Å². The van der Waals surface area contributed by atoms with Gasteiger partial charge in [0.1, 0.15) is 5.75 Å². The van der Waals surface area contributed by atoms with Gasteiger partial charge in [0.25, 0.3) is 0 Å². The second kappa shape index (κ2) is 6.57. The molecule has 0 radical (unpaired) electrons. The van der Waals surface area contributed by atoms with Gasteiger partial charge in [-0.15, -0.1) is 0 Å². The molecule has 1 unspecified atom stereocenters. The zero-order valence-electron chi connectivity index (χ0n) is 11.1. The van der Waals surface area contributed by atoms with Crippen LogP contribution in [0.25, 0.3) is 0 Å². The largest absolute Gasteiger partial charge is 0.491 e. The fourth-order valence-corrected chi connectivity index (χ4v) is 1.94. The number of ether oxygens (including phenoxy) is 1. The Balaban J connectivity index is 2.13. The Kier molecular flexibility index (Phi) is 4.80. The zero-order chi connectivity index (χ0) is 13.7. The fourth-order valence-electron chi connectivity index (χ4n) is 1.59. The number of nitrogens with one attached hydrogen (secondary N) is 1. The SMILES string of the molecule is CCC(C)Oc1cccc(Nc2ccncc2Br)c1. The van der Waals surface area contributed by atoms with Gasteiger partial charge >= 0.3 is 0 Å². The number of hydrogen-bond acceptors (Lipinski definition) is 3. The molecule has 1 aromatic heterocycles. The van der Waals surface area contributed by atoms with Gasteiger partial charge in [-0.05, 0) is 47.5 Å². The molecule has 0 saturated heterocycles. The van der Waals surface area contributed by atoms with Crippen LogP contribution in [-0.2, 0) is 0 Å². The Morgan fingerprint density at radius 1 is 1.37 bits per heavy atom. The summed E-state index contributed by atoms with van der Waals surface area (Å²) in [7, 11) is 0. The van der Waals surface area contributed by atoms with Crippen molar-refractivity contribution >= 4 is 27.3 Å². The van der Waals surface area contributed by atoms with Crippen molar-refractivity contribution in [1.82, 2.24) is 4.98 Å². The van der Waals surface area contributed by atoms with E-state index in [1.54, 1.807) is 12.4 Å². The Labute approximate surface area is 122 Å². The monoisotopic (exact) mass is 320 g/mol.